The zero-order chi connectivity index (χ0) is 16.5. The summed E-state index contributed by atoms with van der Waals surface area (Å²) in [4.78, 5) is -0.995. The Balaban J connectivity index is 2.33. The number of nitrogens with one attached hydrogen (secondary N) is 1. The second kappa shape index (κ2) is 6.13. The van der Waals surface area contributed by atoms with Gasteiger partial charge in [-0.3, -0.25) is 0 Å². The molecule has 0 aliphatic heterocycles. The SMILES string of the molecule is NCC1CCCC1NS(=O)(=O)c1cc(C(F)(F)F)ccc1F. The summed E-state index contributed by atoms with van der Waals surface area (Å²) < 4.78 is 78.3. The lowest BCUT2D eigenvalue weighted by Gasteiger charge is -2.20. The van der Waals surface area contributed by atoms with Crippen LogP contribution in [0.2, 0.25) is 0 Å². The van der Waals surface area contributed by atoms with Crippen molar-refractivity contribution in [2.75, 3.05) is 6.54 Å². The maximum absolute atomic E-state index is 13.7. The van der Waals surface area contributed by atoms with Crippen molar-refractivity contribution in [2.45, 2.75) is 36.4 Å². The highest BCUT2D eigenvalue weighted by atomic mass is 32.2. The Bertz CT molecular complexity index is 646. The molecule has 1 aromatic rings. The van der Waals surface area contributed by atoms with E-state index in [1.165, 1.54) is 0 Å². The molecule has 4 nitrogen and oxygen atoms in total. The summed E-state index contributed by atoms with van der Waals surface area (Å²) >= 11 is 0. The van der Waals surface area contributed by atoms with E-state index in [2.05, 4.69) is 4.72 Å². The van der Waals surface area contributed by atoms with Crippen LogP contribution in [0.5, 0.6) is 0 Å². The quantitative estimate of drug-likeness (QED) is 0.826. The molecule has 0 bridgehead atoms. The van der Waals surface area contributed by atoms with Crippen molar-refractivity contribution >= 4 is 10.0 Å². The maximum Gasteiger partial charge on any atom is 0.416 e. The maximum atomic E-state index is 13.7. The van der Waals surface area contributed by atoms with E-state index in [1.807, 2.05) is 0 Å². The van der Waals surface area contributed by atoms with Gasteiger partial charge in [-0.1, -0.05) is 6.42 Å². The smallest absolute Gasteiger partial charge is 0.330 e. The summed E-state index contributed by atoms with van der Waals surface area (Å²) in [5.41, 5.74) is 4.32. The Kier molecular flexibility index (Phi) is 4.78. The minimum absolute atomic E-state index is 0.0939. The third kappa shape index (κ3) is 3.58. The molecule has 1 aliphatic carbocycles. The van der Waals surface area contributed by atoms with Crippen LogP contribution in [-0.2, 0) is 16.2 Å². The van der Waals surface area contributed by atoms with Crippen molar-refractivity contribution in [1.82, 2.24) is 4.72 Å². The number of sulfonamides is 1. The first kappa shape index (κ1) is 17.2. The summed E-state index contributed by atoms with van der Waals surface area (Å²) in [5.74, 6) is -1.31. The molecule has 9 heteroatoms. The van der Waals surface area contributed by atoms with Crippen molar-refractivity contribution in [3.63, 3.8) is 0 Å². The summed E-state index contributed by atoms with van der Waals surface area (Å²) in [5, 5.41) is 0. The molecule has 2 atom stereocenters. The van der Waals surface area contributed by atoms with Gasteiger partial charge in [-0.2, -0.15) is 13.2 Å². The second-order valence-corrected chi connectivity index (χ2v) is 6.98. The number of nitrogens with two attached hydrogens (primary N) is 1. The van der Waals surface area contributed by atoms with E-state index >= 15 is 0 Å². The van der Waals surface area contributed by atoms with Crippen LogP contribution >= 0.6 is 0 Å². The molecule has 124 valence electrons. The van der Waals surface area contributed by atoms with Crippen LogP contribution in [0.25, 0.3) is 0 Å². The molecule has 1 saturated carbocycles. The number of alkyl halides is 3. The predicted molar refractivity (Wildman–Crippen MR) is 71.9 cm³/mol. The average Bonchev–Trinajstić information content (AvgIpc) is 2.84. The minimum Gasteiger partial charge on any atom is -0.330 e. The summed E-state index contributed by atoms with van der Waals surface area (Å²) in [6, 6.07) is 0.840. The van der Waals surface area contributed by atoms with Gasteiger partial charge in [0.1, 0.15) is 10.7 Å². The molecule has 0 saturated heterocycles. The van der Waals surface area contributed by atoms with Crippen molar-refractivity contribution in [3.05, 3.63) is 29.6 Å². The molecule has 1 fully saturated rings. The van der Waals surface area contributed by atoms with Gasteiger partial charge in [0.2, 0.25) is 10.0 Å². The van der Waals surface area contributed by atoms with Gasteiger partial charge in [0, 0.05) is 6.04 Å². The first-order valence-corrected chi connectivity index (χ1v) is 8.22. The van der Waals surface area contributed by atoms with E-state index in [1.54, 1.807) is 0 Å². The molecular formula is C13H16F4N2O2S. The minimum atomic E-state index is -4.74. The second-order valence-electron chi connectivity index (χ2n) is 5.30. The van der Waals surface area contributed by atoms with Crippen LogP contribution in [0.3, 0.4) is 0 Å². The molecular weight excluding hydrogens is 324 g/mol. The van der Waals surface area contributed by atoms with E-state index in [4.69, 9.17) is 5.73 Å². The van der Waals surface area contributed by atoms with Crippen molar-refractivity contribution in [1.29, 1.82) is 0 Å². The van der Waals surface area contributed by atoms with Gasteiger partial charge in [0.05, 0.1) is 5.56 Å². The Morgan fingerprint density at radius 2 is 1.95 bits per heavy atom. The monoisotopic (exact) mass is 340 g/mol. The van der Waals surface area contributed by atoms with E-state index in [9.17, 15) is 26.0 Å². The molecule has 0 spiro atoms. The molecule has 3 N–H and O–H groups in total. The van der Waals surface area contributed by atoms with E-state index in [0.29, 0.717) is 24.6 Å². The van der Waals surface area contributed by atoms with Crippen molar-refractivity contribution < 1.29 is 26.0 Å². The largest absolute Gasteiger partial charge is 0.416 e. The van der Waals surface area contributed by atoms with E-state index in [-0.39, 0.29) is 12.5 Å². The first-order valence-electron chi connectivity index (χ1n) is 6.74. The first-order chi connectivity index (χ1) is 10.1. The molecule has 1 aromatic carbocycles. The molecule has 2 unspecified atom stereocenters. The van der Waals surface area contributed by atoms with Gasteiger partial charge >= 0.3 is 6.18 Å². The summed E-state index contributed by atoms with van der Waals surface area (Å²) in [7, 11) is -4.38. The zero-order valence-electron chi connectivity index (χ0n) is 11.5. The highest BCUT2D eigenvalue weighted by molar-refractivity contribution is 7.89. The van der Waals surface area contributed by atoms with Crippen LogP contribution in [0.4, 0.5) is 17.6 Å². The van der Waals surface area contributed by atoms with Gasteiger partial charge < -0.3 is 5.73 Å². The highest BCUT2D eigenvalue weighted by Gasteiger charge is 2.35. The van der Waals surface area contributed by atoms with E-state index < -0.39 is 38.5 Å². The Morgan fingerprint density at radius 1 is 1.27 bits per heavy atom. The standard InChI is InChI=1S/C13H16F4N2O2S/c14-10-5-4-9(13(15,16)17)6-12(10)22(20,21)19-11-3-1-2-8(11)7-18/h4-6,8,11,19H,1-3,7,18H2. The topological polar surface area (TPSA) is 72.2 Å². The van der Waals surface area contributed by atoms with Crippen LogP contribution in [0.15, 0.2) is 23.1 Å². The summed E-state index contributed by atoms with van der Waals surface area (Å²) in [6.07, 6.45) is -2.72. The third-order valence-corrected chi connectivity index (χ3v) is 5.32. The van der Waals surface area contributed by atoms with Crippen molar-refractivity contribution in [2.24, 2.45) is 11.7 Å². The number of halogens is 4. The van der Waals surface area contributed by atoms with E-state index in [0.717, 1.165) is 12.8 Å². The highest BCUT2D eigenvalue weighted by Crippen LogP contribution is 2.32. The number of rotatable bonds is 4. The van der Waals surface area contributed by atoms with Crippen LogP contribution in [0, 0.1) is 11.7 Å². The lowest BCUT2D eigenvalue weighted by molar-refractivity contribution is -0.137. The fourth-order valence-electron chi connectivity index (χ4n) is 2.62. The zero-order valence-corrected chi connectivity index (χ0v) is 12.3. The number of hydrogen-bond acceptors (Lipinski definition) is 3. The molecule has 0 aromatic heterocycles. The Morgan fingerprint density at radius 3 is 2.55 bits per heavy atom. The third-order valence-electron chi connectivity index (χ3n) is 3.82. The molecule has 1 aliphatic rings. The van der Waals surface area contributed by atoms with Gasteiger partial charge in [-0.25, -0.2) is 17.5 Å². The fourth-order valence-corrected chi connectivity index (χ4v) is 4.07. The number of benzene rings is 1. The fraction of sp³-hybridized carbons (Fsp3) is 0.538. The van der Waals surface area contributed by atoms with Crippen LogP contribution in [0.1, 0.15) is 24.8 Å². The normalized spacial score (nSPS) is 23.0. The summed E-state index contributed by atoms with van der Waals surface area (Å²) in [6.45, 7) is 0.262. The predicted octanol–water partition coefficient (Wildman–Crippen LogP) is 2.25. The molecule has 0 amide bonds. The molecule has 0 heterocycles. The molecule has 2 rings (SSSR count). The van der Waals surface area contributed by atoms with Gasteiger partial charge in [-0.15, -0.1) is 0 Å². The van der Waals surface area contributed by atoms with Crippen LogP contribution < -0.4 is 10.5 Å². The van der Waals surface area contributed by atoms with Gasteiger partial charge in [-0.05, 0) is 43.5 Å². The lowest BCUT2D eigenvalue weighted by atomic mass is 10.1. The van der Waals surface area contributed by atoms with Gasteiger partial charge in [0.25, 0.3) is 0 Å². The Hall–Kier alpha value is -1.19. The molecule has 22 heavy (non-hydrogen) atoms. The lowest BCUT2D eigenvalue weighted by Crippen LogP contribution is -2.40. The Labute approximate surface area is 125 Å². The number of hydrogen-bond donors (Lipinski definition) is 2. The van der Waals surface area contributed by atoms with Crippen molar-refractivity contribution in [3.8, 4) is 0 Å². The molecule has 0 radical (unpaired) electrons. The van der Waals surface area contributed by atoms with Crippen LogP contribution in [-0.4, -0.2) is 21.0 Å². The average molecular weight is 340 g/mol. The van der Waals surface area contributed by atoms with Gasteiger partial charge in [0.15, 0.2) is 0 Å².